The molecular weight excluding hydrogens is 226 g/mol. The van der Waals surface area contributed by atoms with Gasteiger partial charge in [0.15, 0.2) is 0 Å². The zero-order valence-corrected chi connectivity index (χ0v) is 11.8. The Balaban J connectivity index is 2.43. The molecule has 1 heterocycles. The maximum atomic E-state index is 11.7. The van der Waals surface area contributed by atoms with E-state index in [-0.39, 0.29) is 17.7 Å². The lowest BCUT2D eigenvalue weighted by Gasteiger charge is -2.20. The number of hydrogen-bond donors (Lipinski definition) is 1. The third-order valence-electron chi connectivity index (χ3n) is 3.93. The summed E-state index contributed by atoms with van der Waals surface area (Å²) >= 11 is 0. The van der Waals surface area contributed by atoms with E-state index in [2.05, 4.69) is 19.2 Å². The van der Waals surface area contributed by atoms with E-state index in [1.807, 2.05) is 0 Å². The average Bonchev–Trinajstić information content (AvgIpc) is 2.68. The number of nitrogens with one attached hydrogen (secondary N) is 1. The third-order valence-corrected chi connectivity index (χ3v) is 3.93. The zero-order valence-electron chi connectivity index (χ0n) is 11.8. The number of unbranched alkanes of at least 4 members (excludes halogenated alkanes) is 4. The molecule has 1 saturated heterocycles. The van der Waals surface area contributed by atoms with Gasteiger partial charge in [-0.15, -0.1) is 0 Å². The van der Waals surface area contributed by atoms with Crippen molar-refractivity contribution in [3.63, 3.8) is 0 Å². The van der Waals surface area contributed by atoms with Gasteiger partial charge in [0.2, 0.25) is 11.8 Å². The van der Waals surface area contributed by atoms with Crippen LogP contribution in [-0.4, -0.2) is 11.8 Å². The van der Waals surface area contributed by atoms with Gasteiger partial charge in [0, 0.05) is 12.3 Å². The summed E-state index contributed by atoms with van der Waals surface area (Å²) in [6, 6.07) is 0. The van der Waals surface area contributed by atoms with Gasteiger partial charge < -0.3 is 0 Å². The summed E-state index contributed by atoms with van der Waals surface area (Å²) in [5, 5.41) is 2.45. The molecule has 0 radical (unpaired) electrons. The van der Waals surface area contributed by atoms with Gasteiger partial charge in [-0.05, 0) is 18.8 Å². The highest BCUT2D eigenvalue weighted by Crippen LogP contribution is 2.30. The van der Waals surface area contributed by atoms with E-state index in [1.54, 1.807) is 0 Å². The van der Waals surface area contributed by atoms with Crippen molar-refractivity contribution in [1.82, 2.24) is 5.32 Å². The number of carbonyl (C=O) groups excluding carboxylic acids is 2. The molecule has 0 saturated carbocycles. The quantitative estimate of drug-likeness (QED) is 0.505. The summed E-state index contributed by atoms with van der Waals surface area (Å²) in [6.45, 7) is 4.38. The molecule has 18 heavy (non-hydrogen) atoms. The van der Waals surface area contributed by atoms with Crippen molar-refractivity contribution in [2.24, 2.45) is 11.8 Å². The highest BCUT2D eigenvalue weighted by atomic mass is 16.2. The first-order valence-electron chi connectivity index (χ1n) is 7.52. The molecule has 1 aliphatic heterocycles. The first-order chi connectivity index (χ1) is 8.69. The Hall–Kier alpha value is -0.860. The number of amides is 2. The number of rotatable bonds is 9. The molecule has 3 heteroatoms. The van der Waals surface area contributed by atoms with Gasteiger partial charge in [-0.2, -0.15) is 0 Å². The second-order valence-electron chi connectivity index (χ2n) is 5.47. The molecule has 2 amide bonds. The molecule has 3 nitrogen and oxygen atoms in total. The summed E-state index contributed by atoms with van der Waals surface area (Å²) in [5.74, 6) is 0.246. The van der Waals surface area contributed by atoms with Gasteiger partial charge in [-0.25, -0.2) is 0 Å². The van der Waals surface area contributed by atoms with Crippen LogP contribution in [0.1, 0.15) is 71.6 Å². The molecule has 0 aromatic carbocycles. The van der Waals surface area contributed by atoms with Crippen molar-refractivity contribution in [1.29, 1.82) is 0 Å². The lowest BCUT2D eigenvalue weighted by molar-refractivity contribution is -0.126. The fourth-order valence-electron chi connectivity index (χ4n) is 2.80. The van der Waals surface area contributed by atoms with Crippen LogP contribution in [-0.2, 0) is 9.59 Å². The van der Waals surface area contributed by atoms with Crippen LogP contribution in [0.3, 0.4) is 0 Å². The molecule has 0 aromatic heterocycles. The minimum atomic E-state index is -0.0833. The van der Waals surface area contributed by atoms with E-state index in [0.29, 0.717) is 12.3 Å². The molecule has 0 aromatic rings. The van der Waals surface area contributed by atoms with Crippen molar-refractivity contribution in [2.75, 3.05) is 0 Å². The maximum absolute atomic E-state index is 11.7. The molecule has 0 bridgehead atoms. The third kappa shape index (κ3) is 4.79. The molecule has 104 valence electrons. The predicted molar refractivity (Wildman–Crippen MR) is 73.0 cm³/mol. The van der Waals surface area contributed by atoms with Crippen LogP contribution in [0.25, 0.3) is 0 Å². The van der Waals surface area contributed by atoms with E-state index in [1.165, 1.54) is 25.7 Å². The van der Waals surface area contributed by atoms with Crippen molar-refractivity contribution < 1.29 is 9.59 Å². The topological polar surface area (TPSA) is 46.2 Å². The monoisotopic (exact) mass is 253 g/mol. The Morgan fingerprint density at radius 2 is 1.72 bits per heavy atom. The molecule has 0 spiro atoms. The normalized spacial score (nSPS) is 21.1. The fourth-order valence-corrected chi connectivity index (χ4v) is 2.80. The van der Waals surface area contributed by atoms with Crippen LogP contribution in [0.5, 0.6) is 0 Å². The van der Waals surface area contributed by atoms with Gasteiger partial charge in [-0.3, -0.25) is 14.9 Å². The molecule has 0 aliphatic carbocycles. The van der Waals surface area contributed by atoms with Crippen LogP contribution < -0.4 is 5.32 Å². The van der Waals surface area contributed by atoms with Crippen molar-refractivity contribution in [3.8, 4) is 0 Å². The summed E-state index contributed by atoms with van der Waals surface area (Å²) < 4.78 is 0. The number of imide groups is 1. The van der Waals surface area contributed by atoms with Crippen molar-refractivity contribution in [3.05, 3.63) is 0 Å². The minimum Gasteiger partial charge on any atom is -0.296 e. The summed E-state index contributed by atoms with van der Waals surface area (Å²) in [5.41, 5.74) is 0. The summed E-state index contributed by atoms with van der Waals surface area (Å²) in [6.07, 6.45) is 9.89. The molecule has 1 rings (SSSR count). The van der Waals surface area contributed by atoms with E-state index in [0.717, 1.165) is 25.7 Å². The Bertz CT molecular complexity index is 276. The minimum absolute atomic E-state index is 0.0309. The largest absolute Gasteiger partial charge is 0.296 e. The van der Waals surface area contributed by atoms with E-state index in [9.17, 15) is 9.59 Å². The Morgan fingerprint density at radius 1 is 1.06 bits per heavy atom. The average molecular weight is 253 g/mol. The lowest BCUT2D eigenvalue weighted by Crippen LogP contribution is -2.26. The Morgan fingerprint density at radius 3 is 2.28 bits per heavy atom. The van der Waals surface area contributed by atoms with Crippen LogP contribution in [0.15, 0.2) is 0 Å². The SMILES string of the molecule is CCCCCCC(CCCC)C1CC(=O)NC1=O. The van der Waals surface area contributed by atoms with Crippen LogP contribution in [0, 0.1) is 11.8 Å². The highest BCUT2D eigenvalue weighted by Gasteiger charge is 2.35. The summed E-state index contributed by atoms with van der Waals surface area (Å²) in [4.78, 5) is 23.0. The highest BCUT2D eigenvalue weighted by molar-refractivity contribution is 6.03. The van der Waals surface area contributed by atoms with Crippen LogP contribution >= 0.6 is 0 Å². The van der Waals surface area contributed by atoms with E-state index >= 15 is 0 Å². The van der Waals surface area contributed by atoms with Gasteiger partial charge in [0.05, 0.1) is 0 Å². The Kier molecular flexibility index (Phi) is 6.99. The molecule has 2 atom stereocenters. The Labute approximate surface area is 111 Å². The number of carbonyl (C=O) groups is 2. The fraction of sp³-hybridized carbons (Fsp3) is 0.867. The smallest absolute Gasteiger partial charge is 0.230 e. The standard InChI is InChI=1S/C15H27NO2/c1-3-5-7-8-10-12(9-6-4-2)13-11-14(17)16-15(13)18/h12-13H,3-11H2,1-2H3,(H,16,17,18). The molecule has 1 N–H and O–H groups in total. The lowest BCUT2D eigenvalue weighted by atomic mass is 9.83. The number of hydrogen-bond acceptors (Lipinski definition) is 2. The van der Waals surface area contributed by atoms with Gasteiger partial charge in [0.1, 0.15) is 0 Å². The summed E-state index contributed by atoms with van der Waals surface area (Å²) in [7, 11) is 0. The second kappa shape index (κ2) is 8.28. The molecular formula is C15H27NO2. The maximum Gasteiger partial charge on any atom is 0.230 e. The second-order valence-corrected chi connectivity index (χ2v) is 5.47. The van der Waals surface area contributed by atoms with E-state index in [4.69, 9.17) is 0 Å². The molecule has 1 aliphatic rings. The van der Waals surface area contributed by atoms with Crippen LogP contribution in [0.4, 0.5) is 0 Å². The van der Waals surface area contributed by atoms with Crippen LogP contribution in [0.2, 0.25) is 0 Å². The van der Waals surface area contributed by atoms with Gasteiger partial charge in [0.25, 0.3) is 0 Å². The van der Waals surface area contributed by atoms with Gasteiger partial charge in [-0.1, -0.05) is 52.4 Å². The predicted octanol–water partition coefficient (Wildman–Crippen LogP) is 3.43. The molecule has 2 unspecified atom stereocenters. The first kappa shape index (κ1) is 15.2. The first-order valence-corrected chi connectivity index (χ1v) is 7.52. The zero-order chi connectivity index (χ0) is 13.4. The van der Waals surface area contributed by atoms with Crippen molar-refractivity contribution in [2.45, 2.75) is 71.6 Å². The van der Waals surface area contributed by atoms with Crippen molar-refractivity contribution >= 4 is 11.8 Å². The van der Waals surface area contributed by atoms with E-state index < -0.39 is 0 Å². The molecule has 1 fully saturated rings. The van der Waals surface area contributed by atoms with Gasteiger partial charge >= 0.3 is 0 Å².